The van der Waals surface area contributed by atoms with E-state index in [0.29, 0.717) is 25.9 Å². The number of carbonyl (C=O) groups excluding carboxylic acids is 2. The lowest BCUT2D eigenvalue weighted by molar-refractivity contribution is -0.135. The molecule has 0 radical (unpaired) electrons. The zero-order chi connectivity index (χ0) is 27.3. The Labute approximate surface area is 224 Å². The quantitative estimate of drug-likeness (QED) is 0.547. The zero-order valence-electron chi connectivity index (χ0n) is 21.9. The largest absolute Gasteiger partial charge is 0.450 e. The van der Waals surface area contributed by atoms with Crippen molar-refractivity contribution in [1.82, 2.24) is 19.5 Å². The van der Waals surface area contributed by atoms with E-state index in [0.717, 1.165) is 16.9 Å². The minimum Gasteiger partial charge on any atom is -0.450 e. The van der Waals surface area contributed by atoms with Crippen LogP contribution >= 0.6 is 0 Å². The van der Waals surface area contributed by atoms with Gasteiger partial charge in [-0.3, -0.25) is 9.78 Å². The third kappa shape index (κ3) is 6.16. The number of anilines is 1. The summed E-state index contributed by atoms with van der Waals surface area (Å²) in [5.41, 5.74) is 2.13. The fourth-order valence-corrected chi connectivity index (χ4v) is 6.36. The van der Waals surface area contributed by atoms with Crippen molar-refractivity contribution >= 4 is 33.8 Å². The van der Waals surface area contributed by atoms with E-state index in [1.165, 1.54) is 16.4 Å². The molecule has 0 bridgehead atoms. The summed E-state index contributed by atoms with van der Waals surface area (Å²) in [4.78, 5) is 34.0. The lowest BCUT2D eigenvalue weighted by Crippen LogP contribution is -2.64. The number of aromatic nitrogens is 1. The predicted molar refractivity (Wildman–Crippen MR) is 145 cm³/mol. The Morgan fingerprint density at radius 1 is 1.16 bits per heavy atom. The standard InChI is InChI=1S/C27H35N5O5S/c1-4-22-6-8-24(9-7-22)38(35,36)32-17-16-31(25(33)19-32)20-27(29-26(34)37-5-2)11-14-30(15-12-27)23-10-13-28-21(3)18-23/h4,6-10,13,18H,1,5,11-12,14-17,19-20H2,2-3H3,(H,29,34). The zero-order valence-corrected chi connectivity index (χ0v) is 22.7. The lowest BCUT2D eigenvalue weighted by Gasteiger charge is -2.46. The highest BCUT2D eigenvalue weighted by atomic mass is 32.2. The molecule has 3 heterocycles. The first-order valence-corrected chi connectivity index (χ1v) is 14.2. The fraction of sp³-hybridized carbons (Fsp3) is 0.444. The number of alkyl carbamates (subject to hydrolysis) is 1. The van der Waals surface area contributed by atoms with Crippen LogP contribution in [-0.2, 0) is 19.6 Å². The molecule has 1 aromatic heterocycles. The van der Waals surface area contributed by atoms with Crippen molar-refractivity contribution < 1.29 is 22.7 Å². The minimum absolute atomic E-state index is 0.142. The number of piperazine rings is 1. The summed E-state index contributed by atoms with van der Waals surface area (Å²) in [6.45, 7) is 9.44. The van der Waals surface area contributed by atoms with Crippen molar-refractivity contribution in [2.24, 2.45) is 0 Å². The topological polar surface area (TPSA) is 112 Å². The number of ether oxygens (including phenoxy) is 1. The molecule has 1 aromatic carbocycles. The second-order valence-electron chi connectivity index (χ2n) is 9.70. The molecule has 4 rings (SSSR count). The highest BCUT2D eigenvalue weighted by Gasteiger charge is 2.41. The third-order valence-corrected chi connectivity index (χ3v) is 9.00. The summed E-state index contributed by atoms with van der Waals surface area (Å²) in [6.07, 6.45) is 4.12. The van der Waals surface area contributed by atoms with Crippen LogP contribution in [0, 0.1) is 6.92 Å². The van der Waals surface area contributed by atoms with Gasteiger partial charge in [0.25, 0.3) is 0 Å². The molecular formula is C27H35N5O5S. The second-order valence-corrected chi connectivity index (χ2v) is 11.6. The molecule has 10 nitrogen and oxygen atoms in total. The van der Waals surface area contributed by atoms with Crippen molar-refractivity contribution in [3.8, 4) is 0 Å². The first kappa shape index (κ1) is 27.6. The van der Waals surface area contributed by atoms with Gasteiger partial charge < -0.3 is 19.9 Å². The summed E-state index contributed by atoms with van der Waals surface area (Å²) < 4.78 is 32.7. The molecule has 2 aromatic rings. The van der Waals surface area contributed by atoms with Crippen LogP contribution in [0.3, 0.4) is 0 Å². The van der Waals surface area contributed by atoms with Crippen LogP contribution in [0.1, 0.15) is 31.0 Å². The molecule has 2 saturated heterocycles. The van der Waals surface area contributed by atoms with Crippen LogP contribution in [0.4, 0.5) is 10.5 Å². The summed E-state index contributed by atoms with van der Waals surface area (Å²) >= 11 is 0. The van der Waals surface area contributed by atoms with Gasteiger partial charge in [0.2, 0.25) is 15.9 Å². The number of nitrogens with one attached hydrogen (secondary N) is 1. The van der Waals surface area contributed by atoms with Gasteiger partial charge in [0.05, 0.1) is 23.6 Å². The second kappa shape index (κ2) is 11.5. The van der Waals surface area contributed by atoms with Gasteiger partial charge in [-0.05, 0) is 56.5 Å². The Morgan fingerprint density at radius 2 is 1.87 bits per heavy atom. The smallest absolute Gasteiger partial charge is 0.407 e. The number of hydrogen-bond acceptors (Lipinski definition) is 7. The predicted octanol–water partition coefficient (Wildman–Crippen LogP) is 2.65. The number of amides is 2. The van der Waals surface area contributed by atoms with E-state index in [-0.39, 0.29) is 43.6 Å². The molecule has 2 amide bonds. The highest BCUT2D eigenvalue weighted by molar-refractivity contribution is 7.89. The Balaban J connectivity index is 1.45. The summed E-state index contributed by atoms with van der Waals surface area (Å²) in [7, 11) is -3.81. The molecule has 0 unspecified atom stereocenters. The number of pyridine rings is 1. The van der Waals surface area contributed by atoms with E-state index in [1.54, 1.807) is 36.2 Å². The number of piperidine rings is 1. The van der Waals surface area contributed by atoms with Crippen molar-refractivity contribution in [3.63, 3.8) is 0 Å². The molecule has 0 aliphatic carbocycles. The van der Waals surface area contributed by atoms with E-state index < -0.39 is 21.7 Å². The van der Waals surface area contributed by atoms with Crippen LogP contribution in [-0.4, -0.2) is 86.0 Å². The molecule has 0 atom stereocenters. The number of benzene rings is 1. The molecule has 0 spiro atoms. The summed E-state index contributed by atoms with van der Waals surface area (Å²) in [5, 5.41) is 3.03. The maximum Gasteiger partial charge on any atom is 0.407 e. The van der Waals surface area contributed by atoms with Gasteiger partial charge >= 0.3 is 6.09 Å². The van der Waals surface area contributed by atoms with Crippen molar-refractivity contribution in [2.45, 2.75) is 37.1 Å². The maximum absolute atomic E-state index is 13.2. The Morgan fingerprint density at radius 3 is 2.47 bits per heavy atom. The summed E-state index contributed by atoms with van der Waals surface area (Å²) in [6, 6.07) is 10.4. The number of sulfonamides is 1. The molecule has 11 heteroatoms. The first-order chi connectivity index (χ1) is 18.2. The van der Waals surface area contributed by atoms with Crippen LogP contribution in [0.2, 0.25) is 0 Å². The van der Waals surface area contributed by atoms with Gasteiger partial charge in [0, 0.05) is 50.3 Å². The van der Waals surface area contributed by atoms with Crippen molar-refractivity contribution in [1.29, 1.82) is 0 Å². The van der Waals surface area contributed by atoms with Gasteiger partial charge in [-0.1, -0.05) is 24.8 Å². The highest BCUT2D eigenvalue weighted by Crippen LogP contribution is 2.29. The number of hydrogen-bond donors (Lipinski definition) is 1. The van der Waals surface area contributed by atoms with Gasteiger partial charge in [-0.25, -0.2) is 13.2 Å². The normalized spacial score (nSPS) is 18.2. The molecule has 2 aliphatic heterocycles. The Bertz CT molecular complexity index is 1270. The molecular weight excluding hydrogens is 506 g/mol. The monoisotopic (exact) mass is 541 g/mol. The van der Waals surface area contributed by atoms with Crippen LogP contribution in [0.15, 0.2) is 54.1 Å². The molecule has 1 N–H and O–H groups in total. The van der Waals surface area contributed by atoms with E-state index in [9.17, 15) is 18.0 Å². The number of carbonyl (C=O) groups is 2. The molecule has 204 valence electrons. The number of aryl methyl sites for hydroxylation is 1. The Hall–Kier alpha value is -3.44. The SMILES string of the molecule is C=Cc1ccc(S(=O)(=O)N2CCN(CC3(NC(=O)OCC)CCN(c4ccnc(C)c4)CC3)C(=O)C2)cc1. The molecule has 38 heavy (non-hydrogen) atoms. The van der Waals surface area contributed by atoms with Crippen molar-refractivity contribution in [3.05, 3.63) is 60.4 Å². The lowest BCUT2D eigenvalue weighted by atomic mass is 9.86. The van der Waals surface area contributed by atoms with Crippen molar-refractivity contribution in [2.75, 3.05) is 50.8 Å². The molecule has 2 fully saturated rings. The van der Waals surface area contributed by atoms with Gasteiger partial charge in [0.1, 0.15) is 0 Å². The van der Waals surface area contributed by atoms with E-state index in [1.807, 2.05) is 19.1 Å². The molecule has 2 aliphatic rings. The maximum atomic E-state index is 13.2. The third-order valence-electron chi connectivity index (χ3n) is 7.14. The van der Waals surface area contributed by atoms with E-state index in [2.05, 4.69) is 21.8 Å². The molecule has 0 saturated carbocycles. The summed E-state index contributed by atoms with van der Waals surface area (Å²) in [5.74, 6) is -0.292. The first-order valence-electron chi connectivity index (χ1n) is 12.8. The number of rotatable bonds is 8. The van der Waals surface area contributed by atoms with Gasteiger partial charge in [0.15, 0.2) is 0 Å². The Kier molecular flexibility index (Phi) is 8.37. The average Bonchev–Trinajstić information content (AvgIpc) is 2.90. The van der Waals surface area contributed by atoms with Gasteiger partial charge in [-0.2, -0.15) is 4.31 Å². The minimum atomic E-state index is -3.81. The van der Waals surface area contributed by atoms with Gasteiger partial charge in [-0.15, -0.1) is 0 Å². The van der Waals surface area contributed by atoms with Crippen LogP contribution in [0.25, 0.3) is 6.08 Å². The van der Waals surface area contributed by atoms with E-state index in [4.69, 9.17) is 4.74 Å². The van der Waals surface area contributed by atoms with E-state index >= 15 is 0 Å². The number of nitrogens with zero attached hydrogens (tertiary/aromatic N) is 4. The fourth-order valence-electron chi connectivity index (χ4n) is 4.98. The van der Waals surface area contributed by atoms with Crippen LogP contribution < -0.4 is 10.2 Å². The average molecular weight is 542 g/mol. The van der Waals surface area contributed by atoms with Crippen LogP contribution in [0.5, 0.6) is 0 Å².